The molecule has 31 heavy (non-hydrogen) atoms. The van der Waals surface area contributed by atoms with Gasteiger partial charge in [-0.1, -0.05) is 17.3 Å². The molecular weight excluding hydrogens is 415 g/mol. The summed E-state index contributed by atoms with van der Waals surface area (Å²) in [5, 5.41) is 6.16. The molecule has 2 aliphatic rings. The first kappa shape index (κ1) is 20.3. The zero-order chi connectivity index (χ0) is 21.4. The summed E-state index contributed by atoms with van der Waals surface area (Å²) in [4.78, 5) is 23.3. The Balaban J connectivity index is 1.26. The fraction of sp³-hybridized carbons (Fsp3) is 0.435. The van der Waals surface area contributed by atoms with E-state index in [2.05, 4.69) is 26.5 Å². The second-order valence-electron chi connectivity index (χ2n) is 8.36. The summed E-state index contributed by atoms with van der Waals surface area (Å²) in [6.45, 7) is 5.08. The number of aromatic nitrogens is 2. The summed E-state index contributed by atoms with van der Waals surface area (Å²) in [6.07, 6.45) is 2.84. The summed E-state index contributed by atoms with van der Waals surface area (Å²) in [7, 11) is 0. The first-order chi connectivity index (χ1) is 15.1. The highest BCUT2D eigenvalue weighted by atomic mass is 32.1. The highest BCUT2D eigenvalue weighted by molar-refractivity contribution is 7.10. The van der Waals surface area contributed by atoms with Crippen LogP contribution in [-0.4, -0.2) is 51.5 Å². The molecule has 5 rings (SSSR count). The van der Waals surface area contributed by atoms with Crippen molar-refractivity contribution >= 4 is 17.2 Å². The molecule has 0 spiro atoms. The normalized spacial score (nSPS) is 20.5. The van der Waals surface area contributed by atoms with Crippen LogP contribution in [0.4, 0.5) is 4.39 Å². The van der Waals surface area contributed by atoms with Crippen molar-refractivity contribution in [3.05, 3.63) is 57.9 Å². The van der Waals surface area contributed by atoms with Gasteiger partial charge in [0.05, 0.1) is 12.0 Å². The smallest absolute Gasteiger partial charge is 0.239 e. The number of fused-ring (bicyclic) bond motifs is 1. The minimum absolute atomic E-state index is 0.0728. The van der Waals surface area contributed by atoms with Crippen molar-refractivity contribution in [2.75, 3.05) is 19.6 Å². The Labute approximate surface area is 184 Å². The van der Waals surface area contributed by atoms with Crippen molar-refractivity contribution < 1.29 is 13.7 Å². The highest BCUT2D eigenvalue weighted by Crippen LogP contribution is 2.30. The number of likely N-dealkylation sites (tertiary alicyclic amines) is 1. The number of hydrogen-bond donors (Lipinski definition) is 0. The van der Waals surface area contributed by atoms with Crippen LogP contribution in [0.5, 0.6) is 0 Å². The predicted molar refractivity (Wildman–Crippen MR) is 116 cm³/mol. The molecule has 1 fully saturated rings. The van der Waals surface area contributed by atoms with E-state index >= 15 is 0 Å². The largest absolute Gasteiger partial charge is 0.339 e. The lowest BCUT2D eigenvalue weighted by molar-refractivity contribution is -0.137. The lowest BCUT2D eigenvalue weighted by Gasteiger charge is -2.38. The molecule has 2 aromatic heterocycles. The maximum atomic E-state index is 13.5. The van der Waals surface area contributed by atoms with Gasteiger partial charge in [0.15, 0.2) is 0 Å². The second-order valence-corrected chi connectivity index (χ2v) is 9.36. The third-order valence-corrected chi connectivity index (χ3v) is 7.37. The van der Waals surface area contributed by atoms with Crippen molar-refractivity contribution in [3.63, 3.8) is 0 Å². The molecule has 0 radical (unpaired) electrons. The quantitative estimate of drug-likeness (QED) is 0.612. The van der Waals surface area contributed by atoms with Gasteiger partial charge < -0.3 is 9.42 Å². The fourth-order valence-electron chi connectivity index (χ4n) is 4.56. The van der Waals surface area contributed by atoms with Crippen molar-refractivity contribution in [1.82, 2.24) is 19.9 Å². The number of thiophene rings is 1. The van der Waals surface area contributed by atoms with Crippen LogP contribution < -0.4 is 0 Å². The molecule has 162 valence electrons. The van der Waals surface area contributed by atoms with E-state index in [4.69, 9.17) is 4.52 Å². The molecule has 1 amide bonds. The SMILES string of the molecule is CC(C(=O)N1CCc2sccc2C1)N1CCCC(c2nc(-c3cccc(F)c3)no2)C1. The number of rotatable bonds is 4. The molecule has 0 bridgehead atoms. The monoisotopic (exact) mass is 440 g/mol. The van der Waals surface area contributed by atoms with Crippen LogP contribution in [0.1, 0.15) is 42.0 Å². The van der Waals surface area contributed by atoms with Gasteiger partial charge in [-0.25, -0.2) is 4.39 Å². The van der Waals surface area contributed by atoms with E-state index in [1.54, 1.807) is 23.5 Å². The van der Waals surface area contributed by atoms with Gasteiger partial charge in [0.1, 0.15) is 5.82 Å². The van der Waals surface area contributed by atoms with Gasteiger partial charge >= 0.3 is 0 Å². The molecule has 0 saturated carbocycles. The zero-order valence-electron chi connectivity index (χ0n) is 17.5. The van der Waals surface area contributed by atoms with Crippen molar-refractivity contribution in [1.29, 1.82) is 0 Å². The van der Waals surface area contributed by atoms with E-state index in [1.807, 2.05) is 11.8 Å². The van der Waals surface area contributed by atoms with Crippen LogP contribution >= 0.6 is 11.3 Å². The predicted octanol–water partition coefficient (Wildman–Crippen LogP) is 4.09. The summed E-state index contributed by atoms with van der Waals surface area (Å²) in [6, 6.07) is 8.14. The van der Waals surface area contributed by atoms with Crippen molar-refractivity contribution in [2.24, 2.45) is 0 Å². The minimum atomic E-state index is -0.327. The summed E-state index contributed by atoms with van der Waals surface area (Å²) in [5.41, 5.74) is 1.88. The fourth-order valence-corrected chi connectivity index (χ4v) is 5.45. The molecule has 2 unspecified atom stereocenters. The molecular formula is C23H25FN4O2S. The van der Waals surface area contributed by atoms with Crippen LogP contribution in [0.15, 0.2) is 40.2 Å². The Morgan fingerprint density at radius 1 is 1.32 bits per heavy atom. The molecule has 2 aliphatic heterocycles. The number of hydrogen-bond acceptors (Lipinski definition) is 6. The second kappa shape index (κ2) is 8.51. The summed E-state index contributed by atoms with van der Waals surface area (Å²) in [5.74, 6) is 0.888. The molecule has 1 saturated heterocycles. The summed E-state index contributed by atoms with van der Waals surface area (Å²) < 4.78 is 19.0. The third kappa shape index (κ3) is 4.14. The van der Waals surface area contributed by atoms with Crippen LogP contribution in [0.2, 0.25) is 0 Å². The Hall–Kier alpha value is -2.58. The number of amides is 1. The highest BCUT2D eigenvalue weighted by Gasteiger charge is 2.33. The van der Waals surface area contributed by atoms with E-state index in [0.29, 0.717) is 30.4 Å². The molecule has 8 heteroatoms. The minimum Gasteiger partial charge on any atom is -0.339 e. The number of carbonyl (C=O) groups excluding carboxylic acids is 1. The number of halogens is 1. The Bertz CT molecular complexity index is 1080. The van der Waals surface area contributed by atoms with Gasteiger partial charge in [0, 0.05) is 30.1 Å². The first-order valence-electron chi connectivity index (χ1n) is 10.8. The van der Waals surface area contributed by atoms with Crippen LogP contribution in [-0.2, 0) is 17.8 Å². The Kier molecular flexibility index (Phi) is 5.58. The first-order valence-corrected chi connectivity index (χ1v) is 11.6. The number of piperidine rings is 1. The molecule has 0 aliphatic carbocycles. The zero-order valence-corrected chi connectivity index (χ0v) is 18.3. The van der Waals surface area contributed by atoms with E-state index in [0.717, 1.165) is 32.4 Å². The Morgan fingerprint density at radius 2 is 2.23 bits per heavy atom. The molecule has 2 atom stereocenters. The lowest BCUT2D eigenvalue weighted by Crippen LogP contribution is -2.50. The van der Waals surface area contributed by atoms with Crippen LogP contribution in [0.3, 0.4) is 0 Å². The van der Waals surface area contributed by atoms with Crippen molar-refractivity contribution in [2.45, 2.75) is 44.7 Å². The molecule has 4 heterocycles. The van der Waals surface area contributed by atoms with Crippen LogP contribution in [0.25, 0.3) is 11.4 Å². The average Bonchev–Trinajstić information content (AvgIpc) is 3.47. The van der Waals surface area contributed by atoms with E-state index in [-0.39, 0.29) is 23.7 Å². The standard InChI is InChI=1S/C23H25FN4O2S/c1-15(23(29)28-10-7-20-17(13-28)8-11-31-20)27-9-3-5-18(14-27)22-25-21(26-30-22)16-4-2-6-19(24)12-16/h2,4,6,8,11-12,15,18H,3,5,7,9-10,13-14H2,1H3. The van der Waals surface area contributed by atoms with Gasteiger partial charge in [-0.2, -0.15) is 4.98 Å². The van der Waals surface area contributed by atoms with Crippen LogP contribution in [0, 0.1) is 5.82 Å². The maximum Gasteiger partial charge on any atom is 0.239 e. The van der Waals surface area contributed by atoms with Gasteiger partial charge in [0.25, 0.3) is 0 Å². The van der Waals surface area contributed by atoms with Gasteiger partial charge in [-0.3, -0.25) is 9.69 Å². The van der Waals surface area contributed by atoms with Gasteiger partial charge in [0.2, 0.25) is 17.6 Å². The number of benzene rings is 1. The van der Waals surface area contributed by atoms with E-state index in [1.165, 1.54) is 22.6 Å². The number of nitrogens with zero attached hydrogens (tertiary/aromatic N) is 4. The van der Waals surface area contributed by atoms with Gasteiger partial charge in [-0.05, 0) is 61.9 Å². The third-order valence-electron chi connectivity index (χ3n) is 6.35. The van der Waals surface area contributed by atoms with Crippen molar-refractivity contribution in [3.8, 4) is 11.4 Å². The average molecular weight is 441 g/mol. The number of carbonyl (C=O) groups is 1. The molecule has 1 aromatic carbocycles. The molecule has 3 aromatic rings. The summed E-state index contributed by atoms with van der Waals surface area (Å²) >= 11 is 1.78. The maximum absolute atomic E-state index is 13.5. The van der Waals surface area contributed by atoms with E-state index in [9.17, 15) is 9.18 Å². The lowest BCUT2D eigenvalue weighted by atomic mass is 9.96. The molecule has 0 N–H and O–H groups in total. The topological polar surface area (TPSA) is 62.5 Å². The Morgan fingerprint density at radius 3 is 3.10 bits per heavy atom. The van der Waals surface area contributed by atoms with E-state index < -0.39 is 0 Å². The molecule has 6 nitrogen and oxygen atoms in total. The van der Waals surface area contributed by atoms with Gasteiger partial charge in [-0.15, -0.1) is 11.3 Å².